The Morgan fingerprint density at radius 3 is 2.67 bits per heavy atom. The molecular formula is C13H12N2O3. The summed E-state index contributed by atoms with van der Waals surface area (Å²) in [6.07, 6.45) is 3.16. The van der Waals surface area contributed by atoms with Gasteiger partial charge in [0.25, 0.3) is 0 Å². The van der Waals surface area contributed by atoms with E-state index in [9.17, 15) is 4.79 Å². The second-order valence-electron chi connectivity index (χ2n) is 3.80. The van der Waals surface area contributed by atoms with Crippen LogP contribution in [-0.2, 0) is 0 Å². The Morgan fingerprint density at radius 2 is 2.00 bits per heavy atom. The highest BCUT2D eigenvalue weighted by molar-refractivity contribution is 5.91. The molecule has 0 fully saturated rings. The Kier molecular flexibility index (Phi) is 3.23. The minimum atomic E-state index is -1.06. The molecule has 0 saturated heterocycles. The fraction of sp³-hybridized carbons (Fsp3) is 0.154. The highest BCUT2D eigenvalue weighted by Gasteiger charge is 2.17. The monoisotopic (exact) mass is 244 g/mol. The van der Waals surface area contributed by atoms with Crippen molar-refractivity contribution in [3.8, 4) is 11.6 Å². The first-order chi connectivity index (χ1) is 8.59. The summed E-state index contributed by atoms with van der Waals surface area (Å²) in [5, 5.41) is 9.16. The first-order valence-electron chi connectivity index (χ1n) is 5.38. The highest BCUT2D eigenvalue weighted by atomic mass is 16.5. The number of carboxylic acid groups (broad SMARTS) is 1. The zero-order valence-corrected chi connectivity index (χ0v) is 10.0. The summed E-state index contributed by atoms with van der Waals surface area (Å²) in [5.74, 6) is -0.478. The van der Waals surface area contributed by atoms with Gasteiger partial charge in [0, 0.05) is 12.4 Å². The van der Waals surface area contributed by atoms with Crippen molar-refractivity contribution >= 4 is 5.97 Å². The number of pyridine rings is 2. The van der Waals surface area contributed by atoms with Crippen LogP contribution in [0.2, 0.25) is 0 Å². The molecule has 18 heavy (non-hydrogen) atoms. The van der Waals surface area contributed by atoms with Gasteiger partial charge in [0.1, 0.15) is 5.56 Å². The number of aromatic carboxylic acids is 1. The SMILES string of the molecule is Cc1ccnc(Oc2cccnc2C)c1C(=O)O. The van der Waals surface area contributed by atoms with Crippen LogP contribution in [0.5, 0.6) is 11.6 Å². The van der Waals surface area contributed by atoms with Crippen molar-refractivity contribution in [2.75, 3.05) is 0 Å². The van der Waals surface area contributed by atoms with E-state index < -0.39 is 5.97 Å². The molecular weight excluding hydrogens is 232 g/mol. The molecule has 0 bridgehead atoms. The molecule has 0 amide bonds. The average molecular weight is 244 g/mol. The number of hydrogen-bond acceptors (Lipinski definition) is 4. The van der Waals surface area contributed by atoms with Crippen molar-refractivity contribution in [2.45, 2.75) is 13.8 Å². The summed E-state index contributed by atoms with van der Waals surface area (Å²) in [6.45, 7) is 3.49. The van der Waals surface area contributed by atoms with Gasteiger partial charge in [0.15, 0.2) is 5.75 Å². The van der Waals surface area contributed by atoms with Gasteiger partial charge in [-0.15, -0.1) is 0 Å². The summed E-state index contributed by atoms with van der Waals surface area (Å²) in [6, 6.07) is 5.07. The molecule has 2 aromatic rings. The van der Waals surface area contributed by atoms with Crippen molar-refractivity contribution in [1.29, 1.82) is 0 Å². The van der Waals surface area contributed by atoms with E-state index in [1.165, 1.54) is 6.20 Å². The van der Waals surface area contributed by atoms with Gasteiger partial charge >= 0.3 is 5.97 Å². The van der Waals surface area contributed by atoms with Crippen molar-refractivity contribution in [2.24, 2.45) is 0 Å². The highest BCUT2D eigenvalue weighted by Crippen LogP contribution is 2.26. The molecule has 0 atom stereocenters. The number of carbonyl (C=O) groups is 1. The van der Waals surface area contributed by atoms with Gasteiger partial charge in [0.05, 0.1) is 5.69 Å². The van der Waals surface area contributed by atoms with Gasteiger partial charge < -0.3 is 9.84 Å². The lowest BCUT2D eigenvalue weighted by atomic mass is 10.1. The largest absolute Gasteiger partial charge is 0.477 e. The lowest BCUT2D eigenvalue weighted by molar-refractivity contribution is 0.0692. The fourth-order valence-electron chi connectivity index (χ4n) is 1.55. The Hall–Kier alpha value is -2.43. The van der Waals surface area contributed by atoms with Crippen LogP contribution in [0.25, 0.3) is 0 Å². The normalized spacial score (nSPS) is 10.1. The zero-order chi connectivity index (χ0) is 13.1. The first-order valence-corrected chi connectivity index (χ1v) is 5.38. The van der Waals surface area contributed by atoms with E-state index in [0.29, 0.717) is 17.0 Å². The number of carboxylic acids is 1. The van der Waals surface area contributed by atoms with Crippen molar-refractivity contribution in [3.05, 3.63) is 47.4 Å². The summed E-state index contributed by atoms with van der Waals surface area (Å²) in [4.78, 5) is 19.2. The second kappa shape index (κ2) is 4.83. The van der Waals surface area contributed by atoms with Crippen molar-refractivity contribution in [1.82, 2.24) is 9.97 Å². The Balaban J connectivity index is 2.44. The molecule has 0 aliphatic heterocycles. The average Bonchev–Trinajstić information content (AvgIpc) is 2.31. The van der Waals surface area contributed by atoms with Crippen LogP contribution in [0.1, 0.15) is 21.6 Å². The number of aromatic nitrogens is 2. The zero-order valence-electron chi connectivity index (χ0n) is 10.0. The Bertz CT molecular complexity index is 597. The molecule has 2 aromatic heterocycles. The van der Waals surface area contributed by atoms with Gasteiger partial charge in [-0.3, -0.25) is 4.98 Å². The van der Waals surface area contributed by atoms with Gasteiger partial charge in [0.2, 0.25) is 5.88 Å². The quantitative estimate of drug-likeness (QED) is 0.898. The molecule has 0 unspecified atom stereocenters. The maximum atomic E-state index is 11.2. The van der Waals surface area contributed by atoms with Crippen LogP contribution >= 0.6 is 0 Å². The summed E-state index contributed by atoms with van der Waals surface area (Å²) in [7, 11) is 0. The van der Waals surface area contributed by atoms with Crippen molar-refractivity contribution < 1.29 is 14.6 Å². The molecule has 5 heteroatoms. The minimum absolute atomic E-state index is 0.0701. The lowest BCUT2D eigenvalue weighted by Crippen LogP contribution is -2.05. The van der Waals surface area contributed by atoms with Crippen LogP contribution in [0.15, 0.2) is 30.6 Å². The van der Waals surface area contributed by atoms with Gasteiger partial charge in [-0.2, -0.15) is 0 Å². The number of hydrogen-bond donors (Lipinski definition) is 1. The molecule has 0 aromatic carbocycles. The standard InChI is InChI=1S/C13H12N2O3/c1-8-5-7-15-12(11(8)13(16)17)18-10-4-3-6-14-9(10)2/h3-7H,1-2H3,(H,16,17). The number of aryl methyl sites for hydroxylation is 2. The van der Waals surface area contributed by atoms with Crippen LogP contribution in [-0.4, -0.2) is 21.0 Å². The molecule has 5 nitrogen and oxygen atoms in total. The number of rotatable bonds is 3. The molecule has 0 spiro atoms. The Labute approximate surface area is 104 Å². The third kappa shape index (κ3) is 2.29. The smallest absolute Gasteiger partial charge is 0.341 e. The molecule has 0 saturated carbocycles. The molecule has 0 aliphatic carbocycles. The molecule has 0 radical (unpaired) electrons. The second-order valence-corrected chi connectivity index (χ2v) is 3.80. The van der Waals surface area contributed by atoms with Crippen LogP contribution in [0, 0.1) is 13.8 Å². The van der Waals surface area contributed by atoms with E-state index in [0.717, 1.165) is 0 Å². The van der Waals surface area contributed by atoms with Crippen molar-refractivity contribution in [3.63, 3.8) is 0 Å². The maximum absolute atomic E-state index is 11.2. The van der Waals surface area contributed by atoms with E-state index in [1.54, 1.807) is 38.2 Å². The summed E-state index contributed by atoms with van der Waals surface area (Å²) < 4.78 is 5.53. The van der Waals surface area contributed by atoms with Crippen LogP contribution < -0.4 is 4.74 Å². The predicted octanol–water partition coefficient (Wildman–Crippen LogP) is 2.58. The molecule has 2 heterocycles. The van der Waals surface area contributed by atoms with E-state index in [2.05, 4.69) is 9.97 Å². The summed E-state index contributed by atoms with van der Waals surface area (Å²) in [5.41, 5.74) is 1.35. The van der Waals surface area contributed by atoms with E-state index in [-0.39, 0.29) is 11.4 Å². The number of ether oxygens (including phenoxy) is 1. The summed E-state index contributed by atoms with van der Waals surface area (Å²) >= 11 is 0. The third-order valence-corrected chi connectivity index (χ3v) is 2.50. The van der Waals surface area contributed by atoms with Gasteiger partial charge in [-0.25, -0.2) is 9.78 Å². The molecule has 2 rings (SSSR count). The first kappa shape index (κ1) is 12.0. The third-order valence-electron chi connectivity index (χ3n) is 2.50. The number of nitrogens with zero attached hydrogens (tertiary/aromatic N) is 2. The van der Waals surface area contributed by atoms with E-state index >= 15 is 0 Å². The maximum Gasteiger partial charge on any atom is 0.341 e. The van der Waals surface area contributed by atoms with E-state index in [1.807, 2.05) is 0 Å². The predicted molar refractivity (Wildman–Crippen MR) is 65.0 cm³/mol. The Morgan fingerprint density at radius 1 is 1.22 bits per heavy atom. The molecule has 0 aliphatic rings. The molecule has 1 N–H and O–H groups in total. The lowest BCUT2D eigenvalue weighted by Gasteiger charge is -2.10. The minimum Gasteiger partial charge on any atom is -0.477 e. The van der Waals surface area contributed by atoms with Gasteiger partial charge in [-0.1, -0.05) is 0 Å². The van der Waals surface area contributed by atoms with E-state index in [4.69, 9.17) is 9.84 Å². The molecule has 92 valence electrons. The van der Waals surface area contributed by atoms with Crippen LogP contribution in [0.3, 0.4) is 0 Å². The topological polar surface area (TPSA) is 72.3 Å². The van der Waals surface area contributed by atoms with Crippen LogP contribution in [0.4, 0.5) is 0 Å². The fourth-order valence-corrected chi connectivity index (χ4v) is 1.55. The van der Waals surface area contributed by atoms with Gasteiger partial charge in [-0.05, 0) is 37.6 Å².